The Labute approximate surface area is 155 Å². The van der Waals surface area contributed by atoms with E-state index in [9.17, 15) is 0 Å². The molecule has 0 aromatic heterocycles. The van der Waals surface area contributed by atoms with Crippen LogP contribution in [0.3, 0.4) is 0 Å². The predicted octanol–water partition coefficient (Wildman–Crippen LogP) is -0.992. The average molecular weight is 398 g/mol. The molecule has 0 bridgehead atoms. The maximum Gasteiger partial charge on any atom is -0.0809 e. The van der Waals surface area contributed by atoms with Crippen molar-refractivity contribution in [3.63, 3.8) is 0 Å². The molecule has 0 heterocycles. The monoisotopic (exact) mass is 396 g/mol. The summed E-state index contributed by atoms with van der Waals surface area (Å²) in [7, 11) is 0. The summed E-state index contributed by atoms with van der Waals surface area (Å²) in [6.07, 6.45) is 8.33. The van der Waals surface area contributed by atoms with Gasteiger partial charge in [0.1, 0.15) is 0 Å². The molecule has 0 atom stereocenters. The molecule has 0 unspecified atom stereocenters. The van der Waals surface area contributed by atoms with E-state index in [1.54, 1.807) is 24.2 Å². The second kappa shape index (κ2) is 13.3. The van der Waals surface area contributed by atoms with Gasteiger partial charge in [0.25, 0.3) is 0 Å². The van der Waals surface area contributed by atoms with Crippen molar-refractivity contribution in [2.24, 2.45) is 0 Å². The number of hydrogen-bond donors (Lipinski definition) is 0. The zero-order chi connectivity index (χ0) is 14.1. The van der Waals surface area contributed by atoms with E-state index in [2.05, 4.69) is 81.5 Å². The van der Waals surface area contributed by atoms with Crippen molar-refractivity contribution in [3.05, 3.63) is 66.3 Å². The molecule has 0 saturated carbocycles. The van der Waals surface area contributed by atoms with Gasteiger partial charge in [-0.15, -0.1) is 36.1 Å². The summed E-state index contributed by atoms with van der Waals surface area (Å²) in [4.78, 5) is 0. The van der Waals surface area contributed by atoms with Gasteiger partial charge in [-0.2, -0.15) is 23.6 Å². The molecule has 2 aromatic carbocycles. The Balaban J connectivity index is 0. The maximum absolute atomic E-state index is 3.12. The number of halogens is 2. The van der Waals surface area contributed by atoms with Gasteiger partial charge in [-0.05, 0) is 0 Å². The largest absolute Gasteiger partial charge is 1.00 e. The molecule has 1 aliphatic rings. The van der Waals surface area contributed by atoms with Crippen LogP contribution < -0.4 is 24.8 Å². The van der Waals surface area contributed by atoms with Gasteiger partial charge in [0.05, 0.1) is 0 Å². The zero-order valence-corrected chi connectivity index (χ0v) is 16.6. The van der Waals surface area contributed by atoms with Crippen molar-refractivity contribution >= 4 is 14.0 Å². The van der Waals surface area contributed by atoms with Gasteiger partial charge < -0.3 is 24.8 Å². The standard InChI is InChI=1S/C9H7.C6H7.C3H6.2ClH.Zr/c1-2-5-9-7-3-6-8(9)4-1;1-6-4-2-3-5-6;1-3-2;;;/h1-7H;2,4H,3H2,1H3;1-2H3;2*1H;/q2*-1;;;;+2/p-2. The predicted molar refractivity (Wildman–Crippen MR) is 82.1 cm³/mol. The van der Waals surface area contributed by atoms with Crippen LogP contribution in [0.2, 0.25) is 0 Å². The summed E-state index contributed by atoms with van der Waals surface area (Å²) in [6, 6.07) is 14.7. The first-order valence-electron chi connectivity index (χ1n) is 6.46. The quantitative estimate of drug-likeness (QED) is 0.500. The summed E-state index contributed by atoms with van der Waals surface area (Å²) in [5.41, 5.74) is 1.27. The van der Waals surface area contributed by atoms with Crippen molar-refractivity contribution < 1.29 is 49.0 Å². The zero-order valence-electron chi connectivity index (χ0n) is 12.7. The number of hydrogen-bond acceptors (Lipinski definition) is 0. The molecule has 0 radical (unpaired) electrons. The van der Waals surface area contributed by atoms with Crippen molar-refractivity contribution in [1.29, 1.82) is 0 Å². The molecule has 0 fully saturated rings. The Morgan fingerprint density at radius 2 is 1.76 bits per heavy atom. The van der Waals surface area contributed by atoms with E-state index >= 15 is 0 Å². The third kappa shape index (κ3) is 10.9. The van der Waals surface area contributed by atoms with Crippen LogP contribution in [-0.2, 0) is 24.2 Å². The average Bonchev–Trinajstić information content (AvgIpc) is 2.99. The van der Waals surface area contributed by atoms with Gasteiger partial charge in [0.2, 0.25) is 0 Å². The minimum absolute atomic E-state index is 0. The fourth-order valence-electron chi connectivity index (χ4n) is 1.58. The van der Waals surface area contributed by atoms with E-state index in [1.165, 1.54) is 19.6 Å². The number of allylic oxidation sites excluding steroid dienone is 4. The molecule has 0 nitrogen and oxygen atoms in total. The van der Waals surface area contributed by atoms with Gasteiger partial charge in [0.15, 0.2) is 0 Å². The fraction of sp³-hybridized carbons (Fsp3) is 0.222. The van der Waals surface area contributed by atoms with Crippen LogP contribution in [0.25, 0.3) is 10.8 Å². The van der Waals surface area contributed by atoms with Gasteiger partial charge in [-0.1, -0.05) is 13.0 Å². The summed E-state index contributed by atoms with van der Waals surface area (Å²) in [5.74, 6) is 0. The van der Waals surface area contributed by atoms with Crippen LogP contribution in [0.15, 0.2) is 60.2 Å². The minimum atomic E-state index is 0. The summed E-state index contributed by atoms with van der Waals surface area (Å²) in [6.45, 7) is 6.31. The molecular weight excluding hydrogens is 378 g/mol. The maximum atomic E-state index is 3.12. The van der Waals surface area contributed by atoms with Crippen LogP contribution in [0.5, 0.6) is 0 Å². The molecular formula is C18H20Cl2Zr-2. The van der Waals surface area contributed by atoms with E-state index < -0.39 is 0 Å². The molecule has 0 N–H and O–H groups in total. The van der Waals surface area contributed by atoms with E-state index in [-0.39, 0.29) is 24.8 Å². The third-order valence-corrected chi connectivity index (χ3v) is 2.41. The van der Waals surface area contributed by atoms with Crippen molar-refractivity contribution in [3.8, 4) is 0 Å². The number of benzene rings is 1. The first kappa shape index (κ1) is 22.9. The molecule has 0 spiro atoms. The Bertz CT molecular complexity index is 543. The number of rotatable bonds is 0. The summed E-state index contributed by atoms with van der Waals surface area (Å²) < 4.78 is 1.51. The van der Waals surface area contributed by atoms with Gasteiger partial charge in [0, 0.05) is 0 Å². The molecule has 0 amide bonds. The van der Waals surface area contributed by atoms with E-state index in [0.717, 1.165) is 6.42 Å². The smallest absolute Gasteiger partial charge is 0.0809 e. The van der Waals surface area contributed by atoms with Gasteiger partial charge >= 0.3 is 41.3 Å². The minimum Gasteiger partial charge on any atom is -1.00 e. The van der Waals surface area contributed by atoms with Crippen molar-refractivity contribution in [2.45, 2.75) is 27.2 Å². The van der Waals surface area contributed by atoms with Crippen molar-refractivity contribution in [2.75, 3.05) is 0 Å². The van der Waals surface area contributed by atoms with Crippen LogP contribution in [0.1, 0.15) is 27.2 Å². The molecule has 21 heavy (non-hydrogen) atoms. The second-order valence-corrected chi connectivity index (χ2v) is 7.08. The fourth-order valence-corrected chi connectivity index (χ4v) is 1.58. The Kier molecular flexibility index (Phi) is 14.5. The van der Waals surface area contributed by atoms with Crippen LogP contribution >= 0.6 is 0 Å². The van der Waals surface area contributed by atoms with Crippen LogP contribution in [0.4, 0.5) is 0 Å². The van der Waals surface area contributed by atoms with E-state index in [0.29, 0.717) is 0 Å². The van der Waals surface area contributed by atoms with Gasteiger partial charge in [-0.3, -0.25) is 6.08 Å². The Hall–Kier alpha value is -0.357. The Morgan fingerprint density at radius 1 is 1.14 bits per heavy atom. The van der Waals surface area contributed by atoms with Crippen LogP contribution in [0, 0.1) is 6.08 Å². The van der Waals surface area contributed by atoms with Crippen molar-refractivity contribution in [1.82, 2.24) is 0 Å². The summed E-state index contributed by atoms with van der Waals surface area (Å²) in [5, 5.41) is 2.66. The molecule has 112 valence electrons. The Morgan fingerprint density at radius 3 is 2.19 bits per heavy atom. The first-order valence-corrected chi connectivity index (χ1v) is 7.68. The summed E-state index contributed by atoms with van der Waals surface area (Å²) >= 11 is 1.55. The van der Waals surface area contributed by atoms with Crippen LogP contribution in [-0.4, -0.2) is 3.21 Å². The first-order chi connectivity index (χ1) is 9.09. The molecule has 1 aliphatic carbocycles. The SMILES string of the molecule is CC1=[C-]CC=C1.C[C](C)=[Zr+2].[Cl-].[Cl-].c1ccc2[cH-]ccc2c1. The van der Waals surface area contributed by atoms with Gasteiger partial charge in [-0.25, -0.2) is 11.6 Å². The number of fused-ring (bicyclic) bond motifs is 1. The topological polar surface area (TPSA) is 0 Å². The van der Waals surface area contributed by atoms with E-state index in [4.69, 9.17) is 0 Å². The second-order valence-electron chi connectivity index (χ2n) is 4.62. The molecule has 0 aliphatic heterocycles. The molecule has 3 heteroatoms. The van der Waals surface area contributed by atoms with E-state index in [1.807, 2.05) is 0 Å². The molecule has 2 aromatic rings. The molecule has 0 saturated heterocycles. The molecule has 3 rings (SSSR count). The third-order valence-electron chi connectivity index (χ3n) is 2.41. The normalized spacial score (nSPS) is 11.0.